The van der Waals surface area contributed by atoms with Gasteiger partial charge in [-0.25, -0.2) is 4.68 Å². The van der Waals surface area contributed by atoms with E-state index in [2.05, 4.69) is 45.3 Å². The minimum absolute atomic E-state index is 0.0918. The maximum atomic E-state index is 13.1. The van der Waals surface area contributed by atoms with Crippen LogP contribution in [0.3, 0.4) is 0 Å². The zero-order valence-electron chi connectivity index (χ0n) is 17.3. The Morgan fingerprint density at radius 1 is 1.34 bits per heavy atom. The van der Waals surface area contributed by atoms with Gasteiger partial charge < -0.3 is 9.72 Å². The normalized spacial score (nSPS) is 18.9. The van der Waals surface area contributed by atoms with E-state index in [9.17, 15) is 4.79 Å². The Morgan fingerprint density at radius 3 is 3.00 bits per heavy atom. The van der Waals surface area contributed by atoms with Gasteiger partial charge in [0, 0.05) is 24.7 Å². The van der Waals surface area contributed by atoms with Crippen molar-refractivity contribution in [1.82, 2.24) is 30.1 Å². The van der Waals surface area contributed by atoms with Crippen molar-refractivity contribution in [3.05, 3.63) is 51.6 Å². The summed E-state index contributed by atoms with van der Waals surface area (Å²) >= 11 is 0. The third kappa shape index (κ3) is 4.09. The molecule has 1 N–H and O–H groups in total. The molecular weight excluding hydrogens is 368 g/mol. The van der Waals surface area contributed by atoms with Crippen LogP contribution in [0.25, 0.3) is 10.9 Å². The summed E-state index contributed by atoms with van der Waals surface area (Å²) in [5.41, 5.74) is 2.59. The molecule has 4 rings (SSSR count). The van der Waals surface area contributed by atoms with Gasteiger partial charge in [0.15, 0.2) is 5.82 Å². The van der Waals surface area contributed by atoms with E-state index in [0.717, 1.165) is 36.0 Å². The number of fused-ring (bicyclic) bond motifs is 1. The predicted molar refractivity (Wildman–Crippen MR) is 111 cm³/mol. The lowest BCUT2D eigenvalue weighted by Crippen LogP contribution is -2.41. The number of nitrogens with one attached hydrogen (secondary N) is 1. The van der Waals surface area contributed by atoms with Crippen molar-refractivity contribution >= 4 is 10.9 Å². The van der Waals surface area contributed by atoms with Crippen molar-refractivity contribution in [2.24, 2.45) is 5.92 Å². The quantitative estimate of drug-likeness (QED) is 0.688. The van der Waals surface area contributed by atoms with E-state index in [1.807, 2.05) is 18.2 Å². The summed E-state index contributed by atoms with van der Waals surface area (Å²) in [7, 11) is 1.66. The minimum Gasteiger partial charge on any atom is -0.383 e. The van der Waals surface area contributed by atoms with Gasteiger partial charge in [0.05, 0.1) is 13.2 Å². The molecule has 0 saturated carbocycles. The molecule has 2 unspecified atom stereocenters. The number of hydrogen-bond donors (Lipinski definition) is 1. The van der Waals surface area contributed by atoms with E-state index in [0.29, 0.717) is 30.5 Å². The number of rotatable bonds is 6. The molecule has 0 radical (unpaired) electrons. The molecule has 2 atom stereocenters. The largest absolute Gasteiger partial charge is 0.383 e. The van der Waals surface area contributed by atoms with Gasteiger partial charge in [-0.2, -0.15) is 0 Å². The molecule has 1 fully saturated rings. The highest BCUT2D eigenvalue weighted by Crippen LogP contribution is 2.30. The van der Waals surface area contributed by atoms with E-state index >= 15 is 0 Å². The summed E-state index contributed by atoms with van der Waals surface area (Å²) in [4.78, 5) is 18.5. The maximum Gasteiger partial charge on any atom is 0.253 e. The van der Waals surface area contributed by atoms with E-state index in [1.165, 1.54) is 6.42 Å². The second-order valence-electron chi connectivity index (χ2n) is 8.04. The molecule has 0 bridgehead atoms. The van der Waals surface area contributed by atoms with Crippen molar-refractivity contribution in [1.29, 1.82) is 0 Å². The zero-order chi connectivity index (χ0) is 20.4. The first-order chi connectivity index (χ1) is 14.1. The van der Waals surface area contributed by atoms with Crippen LogP contribution in [-0.2, 0) is 11.3 Å². The van der Waals surface area contributed by atoms with Gasteiger partial charge in [-0.15, -0.1) is 5.10 Å². The van der Waals surface area contributed by atoms with E-state index in [1.54, 1.807) is 11.8 Å². The van der Waals surface area contributed by atoms with Crippen molar-refractivity contribution < 1.29 is 4.74 Å². The number of aromatic amines is 1. The van der Waals surface area contributed by atoms with Gasteiger partial charge in [-0.1, -0.05) is 18.6 Å². The van der Waals surface area contributed by atoms with Crippen LogP contribution in [0.15, 0.2) is 29.1 Å². The Balaban J connectivity index is 1.84. The lowest BCUT2D eigenvalue weighted by atomic mass is 9.95. The van der Waals surface area contributed by atoms with Crippen LogP contribution in [0.2, 0.25) is 0 Å². The zero-order valence-corrected chi connectivity index (χ0v) is 17.3. The van der Waals surface area contributed by atoms with Crippen molar-refractivity contribution in [3.8, 4) is 0 Å². The number of tetrazole rings is 1. The average molecular weight is 396 g/mol. The molecule has 0 aliphatic carbocycles. The highest BCUT2D eigenvalue weighted by molar-refractivity contribution is 5.79. The Kier molecular flexibility index (Phi) is 5.73. The van der Waals surface area contributed by atoms with E-state index in [-0.39, 0.29) is 11.6 Å². The molecule has 1 saturated heterocycles. The number of pyridine rings is 1. The number of aromatic nitrogens is 5. The molecule has 1 aliphatic heterocycles. The third-order valence-electron chi connectivity index (χ3n) is 5.69. The number of methoxy groups -OCH3 is 1. The number of ether oxygens (including phenoxy) is 1. The van der Waals surface area contributed by atoms with Crippen LogP contribution in [0.1, 0.15) is 42.8 Å². The summed E-state index contributed by atoms with van der Waals surface area (Å²) in [5.74, 6) is 1.25. The predicted octanol–water partition coefficient (Wildman–Crippen LogP) is 2.29. The molecule has 8 heteroatoms. The van der Waals surface area contributed by atoms with Crippen LogP contribution in [-0.4, -0.2) is 56.9 Å². The lowest BCUT2D eigenvalue weighted by molar-refractivity contribution is 0.137. The monoisotopic (exact) mass is 396 g/mol. The fourth-order valence-corrected chi connectivity index (χ4v) is 4.25. The van der Waals surface area contributed by atoms with Gasteiger partial charge in [-0.05, 0) is 66.2 Å². The van der Waals surface area contributed by atoms with Gasteiger partial charge in [0.2, 0.25) is 0 Å². The van der Waals surface area contributed by atoms with Gasteiger partial charge >= 0.3 is 0 Å². The van der Waals surface area contributed by atoms with Crippen LogP contribution in [0, 0.1) is 12.8 Å². The molecule has 3 heterocycles. The van der Waals surface area contributed by atoms with Gasteiger partial charge in [-0.3, -0.25) is 9.69 Å². The number of H-pyrrole nitrogens is 1. The number of hydrogen-bond acceptors (Lipinski definition) is 6. The molecule has 2 aromatic heterocycles. The first-order valence-corrected chi connectivity index (χ1v) is 10.2. The Hall–Kier alpha value is -2.58. The number of benzene rings is 1. The fourth-order valence-electron chi connectivity index (χ4n) is 4.25. The number of nitrogens with zero attached hydrogens (tertiary/aromatic N) is 5. The maximum absolute atomic E-state index is 13.1. The second kappa shape index (κ2) is 8.42. The van der Waals surface area contributed by atoms with E-state index in [4.69, 9.17) is 4.74 Å². The molecule has 8 nitrogen and oxygen atoms in total. The first kappa shape index (κ1) is 19.7. The second-order valence-corrected chi connectivity index (χ2v) is 8.04. The van der Waals surface area contributed by atoms with Gasteiger partial charge in [0.1, 0.15) is 6.04 Å². The summed E-state index contributed by atoms with van der Waals surface area (Å²) < 4.78 is 6.97. The van der Waals surface area contributed by atoms with Gasteiger partial charge in [0.25, 0.3) is 5.56 Å². The molecule has 0 spiro atoms. The molecule has 3 aromatic rings. The Bertz CT molecular complexity index is 1040. The van der Waals surface area contributed by atoms with Crippen LogP contribution in [0.4, 0.5) is 0 Å². The highest BCUT2D eigenvalue weighted by Gasteiger charge is 2.32. The molecule has 0 amide bonds. The molecule has 154 valence electrons. The first-order valence-electron chi connectivity index (χ1n) is 10.2. The van der Waals surface area contributed by atoms with Crippen molar-refractivity contribution in [3.63, 3.8) is 0 Å². The molecule has 29 heavy (non-hydrogen) atoms. The van der Waals surface area contributed by atoms with Crippen molar-refractivity contribution in [2.75, 3.05) is 26.8 Å². The average Bonchev–Trinajstić information content (AvgIpc) is 3.15. The molecular formula is C21H28N6O2. The Labute approximate surface area is 169 Å². The summed E-state index contributed by atoms with van der Waals surface area (Å²) in [6, 6.07) is 7.76. The molecule has 1 aliphatic rings. The smallest absolute Gasteiger partial charge is 0.253 e. The summed E-state index contributed by atoms with van der Waals surface area (Å²) in [5, 5.41) is 13.4. The minimum atomic E-state index is -0.293. The third-order valence-corrected chi connectivity index (χ3v) is 5.69. The lowest BCUT2D eigenvalue weighted by Gasteiger charge is -2.36. The fraction of sp³-hybridized carbons (Fsp3) is 0.524. The van der Waals surface area contributed by atoms with Crippen LogP contribution < -0.4 is 5.56 Å². The molecule has 1 aromatic carbocycles. The highest BCUT2D eigenvalue weighted by atomic mass is 16.5. The topological polar surface area (TPSA) is 88.9 Å². The summed E-state index contributed by atoms with van der Waals surface area (Å²) in [6.45, 7) is 7.19. The van der Waals surface area contributed by atoms with Crippen LogP contribution in [0.5, 0.6) is 0 Å². The van der Waals surface area contributed by atoms with Crippen molar-refractivity contribution in [2.45, 2.75) is 39.3 Å². The number of piperidine rings is 1. The number of likely N-dealkylation sites (tertiary alicyclic amines) is 1. The van der Waals surface area contributed by atoms with Crippen LogP contribution >= 0.6 is 0 Å². The SMILES string of the molecule is COCCn1nnnc1C(c1cc2cc(C)ccc2[nH]c1=O)N1CCCC(C)C1. The summed E-state index contributed by atoms with van der Waals surface area (Å²) in [6.07, 6.45) is 2.30. The standard InChI is InChI=1S/C21H28N6O2/c1-14-6-7-18-16(11-14)12-17(21(28)22-18)19(26-8-4-5-15(2)13-26)20-23-24-25-27(20)9-10-29-3/h6-7,11-12,15,19H,4-5,8-10,13H2,1-3H3,(H,22,28). The Morgan fingerprint density at radius 2 is 2.21 bits per heavy atom. The number of aryl methyl sites for hydroxylation is 1. The van der Waals surface area contributed by atoms with E-state index < -0.39 is 0 Å².